The van der Waals surface area contributed by atoms with E-state index in [0.29, 0.717) is 0 Å². The van der Waals surface area contributed by atoms with Crippen LogP contribution in [0.3, 0.4) is 0 Å². The van der Waals surface area contributed by atoms with E-state index in [0.717, 1.165) is 12.3 Å². The smallest absolute Gasteiger partial charge is 0.199 e. The Bertz CT molecular complexity index is 149. The summed E-state index contributed by atoms with van der Waals surface area (Å²) >= 11 is 0. The number of rotatable bonds is 3. The van der Waals surface area contributed by atoms with Crippen LogP contribution in [-0.2, 0) is 4.74 Å². The lowest BCUT2D eigenvalue weighted by atomic mass is 10.2. The van der Waals surface area contributed by atoms with Gasteiger partial charge in [0.15, 0.2) is 11.6 Å². The number of unbranched alkanes of at least 4 members (excludes halogenated alkanes) is 1. The Balaban J connectivity index is 2.23. The van der Waals surface area contributed by atoms with Crippen molar-refractivity contribution in [3.8, 4) is 0 Å². The number of aliphatic imine (C=N–C) groups is 1. The van der Waals surface area contributed by atoms with Crippen LogP contribution in [-0.4, -0.2) is 11.6 Å². The molecule has 0 amide bonds. The number of ether oxygens (including phenoxy) is 1. The molecule has 0 aromatic carbocycles. The van der Waals surface area contributed by atoms with Crippen molar-refractivity contribution in [1.29, 1.82) is 0 Å². The molecule has 0 radical (unpaired) electrons. The van der Waals surface area contributed by atoms with Gasteiger partial charge in [0, 0.05) is 6.42 Å². The summed E-state index contributed by atoms with van der Waals surface area (Å²) in [5.74, 6) is 0.937. The van der Waals surface area contributed by atoms with Crippen LogP contribution in [0.1, 0.15) is 40.0 Å². The van der Waals surface area contributed by atoms with E-state index in [1.54, 1.807) is 0 Å². The molecule has 0 saturated heterocycles. The second-order valence-corrected chi connectivity index (χ2v) is 3.16. The van der Waals surface area contributed by atoms with E-state index in [1.807, 2.05) is 13.8 Å². The zero-order chi connectivity index (χ0) is 7.61. The number of hydrogen-bond donors (Lipinski definition) is 0. The fraction of sp³-hybridized carbons (Fsp3) is 0.875. The Morgan fingerprint density at radius 1 is 1.50 bits per heavy atom. The zero-order valence-electron chi connectivity index (χ0n) is 6.98. The SMILES string of the molecule is CCCCC1=NC(C)(C)O1. The average Bonchev–Trinajstić information content (AvgIpc) is 1.78. The maximum absolute atomic E-state index is 5.38. The lowest BCUT2D eigenvalue weighted by Gasteiger charge is -2.32. The Hall–Kier alpha value is -0.530. The van der Waals surface area contributed by atoms with Crippen molar-refractivity contribution in [3.63, 3.8) is 0 Å². The van der Waals surface area contributed by atoms with Crippen molar-refractivity contribution in [1.82, 2.24) is 0 Å². The summed E-state index contributed by atoms with van der Waals surface area (Å²) < 4.78 is 5.38. The van der Waals surface area contributed by atoms with Crippen LogP contribution in [0.25, 0.3) is 0 Å². The summed E-state index contributed by atoms with van der Waals surface area (Å²) in [6, 6.07) is 0. The third-order valence-electron chi connectivity index (χ3n) is 1.51. The highest BCUT2D eigenvalue weighted by Gasteiger charge is 2.29. The van der Waals surface area contributed by atoms with Gasteiger partial charge in [-0.05, 0) is 20.3 Å². The van der Waals surface area contributed by atoms with Crippen LogP contribution in [0.5, 0.6) is 0 Å². The van der Waals surface area contributed by atoms with Crippen LogP contribution < -0.4 is 0 Å². The summed E-state index contributed by atoms with van der Waals surface area (Å²) in [6.07, 6.45) is 3.41. The predicted octanol–water partition coefficient (Wildman–Crippen LogP) is 2.34. The molecule has 0 unspecified atom stereocenters. The van der Waals surface area contributed by atoms with Gasteiger partial charge in [0.25, 0.3) is 0 Å². The molecule has 1 rings (SSSR count). The van der Waals surface area contributed by atoms with E-state index in [-0.39, 0.29) is 5.72 Å². The molecule has 0 N–H and O–H groups in total. The van der Waals surface area contributed by atoms with Gasteiger partial charge in [0.1, 0.15) is 0 Å². The molecule has 0 fully saturated rings. The van der Waals surface area contributed by atoms with Gasteiger partial charge in [0.2, 0.25) is 0 Å². The molecular formula is C8H15NO. The van der Waals surface area contributed by atoms with Crippen molar-refractivity contribution in [3.05, 3.63) is 0 Å². The summed E-state index contributed by atoms with van der Waals surface area (Å²) in [6.45, 7) is 6.12. The Kier molecular flexibility index (Phi) is 1.97. The quantitative estimate of drug-likeness (QED) is 0.591. The first-order valence-corrected chi connectivity index (χ1v) is 3.92. The summed E-state index contributed by atoms with van der Waals surface area (Å²) in [4.78, 5) is 4.29. The third-order valence-corrected chi connectivity index (χ3v) is 1.51. The fourth-order valence-corrected chi connectivity index (χ4v) is 1.03. The zero-order valence-corrected chi connectivity index (χ0v) is 6.98. The number of hydrogen-bond acceptors (Lipinski definition) is 2. The standard InChI is InChI=1S/C8H15NO/c1-4-5-6-7-9-8(2,3)10-7/h4-6H2,1-3H3. The monoisotopic (exact) mass is 141 g/mol. The molecule has 2 nitrogen and oxygen atoms in total. The van der Waals surface area contributed by atoms with Crippen LogP contribution in [0.4, 0.5) is 0 Å². The van der Waals surface area contributed by atoms with Crippen molar-refractivity contribution in [2.24, 2.45) is 4.99 Å². The van der Waals surface area contributed by atoms with Crippen molar-refractivity contribution < 1.29 is 4.74 Å². The van der Waals surface area contributed by atoms with Gasteiger partial charge in [-0.15, -0.1) is 0 Å². The van der Waals surface area contributed by atoms with Gasteiger partial charge in [-0.2, -0.15) is 0 Å². The molecule has 0 aromatic heterocycles. The second-order valence-electron chi connectivity index (χ2n) is 3.16. The fourth-order valence-electron chi connectivity index (χ4n) is 1.03. The molecular weight excluding hydrogens is 126 g/mol. The summed E-state index contributed by atoms with van der Waals surface area (Å²) in [5.41, 5.74) is -0.219. The van der Waals surface area contributed by atoms with Crippen molar-refractivity contribution in [2.45, 2.75) is 45.8 Å². The van der Waals surface area contributed by atoms with Gasteiger partial charge in [-0.25, -0.2) is 4.99 Å². The Labute approximate surface area is 62.3 Å². The van der Waals surface area contributed by atoms with Gasteiger partial charge < -0.3 is 4.74 Å². The molecule has 0 spiro atoms. The first-order chi connectivity index (χ1) is 4.64. The van der Waals surface area contributed by atoms with Crippen LogP contribution in [0, 0.1) is 0 Å². The Morgan fingerprint density at radius 3 is 2.50 bits per heavy atom. The maximum Gasteiger partial charge on any atom is 0.199 e. The van der Waals surface area contributed by atoms with Crippen LogP contribution in [0.2, 0.25) is 0 Å². The van der Waals surface area contributed by atoms with Crippen LogP contribution >= 0.6 is 0 Å². The van der Waals surface area contributed by atoms with E-state index in [9.17, 15) is 0 Å². The van der Waals surface area contributed by atoms with Gasteiger partial charge in [0.05, 0.1) is 0 Å². The van der Waals surface area contributed by atoms with E-state index in [4.69, 9.17) is 4.74 Å². The van der Waals surface area contributed by atoms with Crippen molar-refractivity contribution in [2.75, 3.05) is 0 Å². The molecule has 0 aliphatic carbocycles. The topological polar surface area (TPSA) is 21.6 Å². The summed E-state index contributed by atoms with van der Waals surface area (Å²) in [5, 5.41) is 0. The average molecular weight is 141 g/mol. The Morgan fingerprint density at radius 2 is 2.10 bits per heavy atom. The van der Waals surface area contributed by atoms with E-state index >= 15 is 0 Å². The minimum Gasteiger partial charge on any atom is -0.454 e. The van der Waals surface area contributed by atoms with Crippen molar-refractivity contribution >= 4 is 5.90 Å². The normalized spacial score (nSPS) is 20.9. The maximum atomic E-state index is 5.38. The molecule has 2 heteroatoms. The molecule has 1 aliphatic rings. The largest absolute Gasteiger partial charge is 0.454 e. The molecule has 0 aromatic rings. The lowest BCUT2D eigenvalue weighted by molar-refractivity contribution is 0.0488. The minimum absolute atomic E-state index is 0.219. The summed E-state index contributed by atoms with van der Waals surface area (Å²) in [7, 11) is 0. The molecule has 1 heterocycles. The first kappa shape index (κ1) is 7.58. The van der Waals surface area contributed by atoms with E-state index < -0.39 is 0 Å². The highest BCUT2D eigenvalue weighted by molar-refractivity contribution is 5.80. The van der Waals surface area contributed by atoms with E-state index in [1.165, 1.54) is 12.8 Å². The highest BCUT2D eigenvalue weighted by Crippen LogP contribution is 2.23. The number of nitrogens with zero attached hydrogens (tertiary/aromatic N) is 1. The lowest BCUT2D eigenvalue weighted by Crippen LogP contribution is -2.36. The minimum atomic E-state index is -0.219. The van der Waals surface area contributed by atoms with Gasteiger partial charge >= 0.3 is 0 Å². The predicted molar refractivity (Wildman–Crippen MR) is 42.1 cm³/mol. The van der Waals surface area contributed by atoms with Gasteiger partial charge in [-0.3, -0.25) is 0 Å². The van der Waals surface area contributed by atoms with E-state index in [2.05, 4.69) is 11.9 Å². The molecule has 58 valence electrons. The molecule has 1 aliphatic heterocycles. The van der Waals surface area contributed by atoms with Crippen LogP contribution in [0.15, 0.2) is 4.99 Å². The molecule has 0 atom stereocenters. The molecule has 10 heavy (non-hydrogen) atoms. The molecule has 0 saturated carbocycles. The first-order valence-electron chi connectivity index (χ1n) is 3.92. The molecule has 0 bridgehead atoms. The second kappa shape index (κ2) is 2.60. The third kappa shape index (κ3) is 1.72. The highest BCUT2D eigenvalue weighted by atomic mass is 16.6. The van der Waals surface area contributed by atoms with Gasteiger partial charge in [-0.1, -0.05) is 13.3 Å².